The van der Waals surface area contributed by atoms with Gasteiger partial charge in [-0.2, -0.15) is 0 Å². The molecule has 0 aliphatic carbocycles. The Balaban J connectivity index is 1.50. The molecule has 1 amide bonds. The van der Waals surface area contributed by atoms with Crippen molar-refractivity contribution in [3.8, 4) is 23.3 Å². The minimum absolute atomic E-state index is 0.190. The zero-order chi connectivity index (χ0) is 15.9. The van der Waals surface area contributed by atoms with Crippen LogP contribution in [0.5, 0.6) is 11.5 Å². The quantitative estimate of drug-likeness (QED) is 0.700. The topological polar surface area (TPSA) is 47.6 Å². The Morgan fingerprint density at radius 1 is 1.13 bits per heavy atom. The van der Waals surface area contributed by atoms with E-state index in [9.17, 15) is 4.79 Å². The van der Waals surface area contributed by atoms with E-state index >= 15 is 0 Å². The maximum atomic E-state index is 11.7. The van der Waals surface area contributed by atoms with Crippen LogP contribution in [0, 0.1) is 11.8 Å². The Kier molecular flexibility index (Phi) is 4.61. The summed E-state index contributed by atoms with van der Waals surface area (Å²) in [5, 5.41) is 2.72. The molecule has 0 atom stereocenters. The lowest BCUT2D eigenvalue weighted by Gasteiger charge is -1.98. The maximum Gasteiger partial charge on any atom is 0.244 e. The second kappa shape index (κ2) is 7.19. The summed E-state index contributed by atoms with van der Waals surface area (Å²) in [4.78, 5) is 11.7. The first-order chi connectivity index (χ1) is 11.3. The van der Waals surface area contributed by atoms with Crippen LogP contribution in [0.3, 0.4) is 0 Å². The first-order valence-electron chi connectivity index (χ1n) is 7.21. The molecule has 4 nitrogen and oxygen atoms in total. The van der Waals surface area contributed by atoms with Gasteiger partial charge in [0.25, 0.3) is 0 Å². The normalized spacial score (nSPS) is 11.8. The van der Waals surface area contributed by atoms with E-state index in [1.165, 1.54) is 6.08 Å². The van der Waals surface area contributed by atoms with Gasteiger partial charge in [0.15, 0.2) is 11.5 Å². The highest BCUT2D eigenvalue weighted by molar-refractivity contribution is 5.91. The fourth-order valence-electron chi connectivity index (χ4n) is 2.05. The molecule has 0 aromatic heterocycles. The van der Waals surface area contributed by atoms with Crippen molar-refractivity contribution < 1.29 is 14.3 Å². The van der Waals surface area contributed by atoms with E-state index in [2.05, 4.69) is 17.2 Å². The van der Waals surface area contributed by atoms with Crippen LogP contribution in [0.15, 0.2) is 54.6 Å². The van der Waals surface area contributed by atoms with Crippen molar-refractivity contribution in [1.29, 1.82) is 0 Å². The molecule has 0 saturated carbocycles. The minimum Gasteiger partial charge on any atom is -0.454 e. The largest absolute Gasteiger partial charge is 0.454 e. The van der Waals surface area contributed by atoms with Gasteiger partial charge in [-0.05, 0) is 35.9 Å². The number of amides is 1. The van der Waals surface area contributed by atoms with Gasteiger partial charge in [0, 0.05) is 11.6 Å². The van der Waals surface area contributed by atoms with Crippen LogP contribution in [-0.4, -0.2) is 19.2 Å². The van der Waals surface area contributed by atoms with Crippen molar-refractivity contribution in [2.24, 2.45) is 0 Å². The third-order valence-electron chi connectivity index (χ3n) is 3.18. The Morgan fingerprint density at radius 2 is 1.96 bits per heavy atom. The van der Waals surface area contributed by atoms with Gasteiger partial charge < -0.3 is 14.8 Å². The number of hydrogen-bond donors (Lipinski definition) is 1. The molecule has 0 radical (unpaired) electrons. The summed E-state index contributed by atoms with van der Waals surface area (Å²) in [6.07, 6.45) is 3.20. The number of carbonyl (C=O) groups is 1. The predicted molar refractivity (Wildman–Crippen MR) is 87.9 cm³/mol. The smallest absolute Gasteiger partial charge is 0.244 e. The van der Waals surface area contributed by atoms with Gasteiger partial charge in [-0.3, -0.25) is 4.79 Å². The average molecular weight is 305 g/mol. The SMILES string of the molecule is O=C(/C=C/c1ccc2c(c1)OCO2)NCC#Cc1ccccc1. The van der Waals surface area contributed by atoms with Crippen LogP contribution >= 0.6 is 0 Å². The first kappa shape index (κ1) is 14.7. The Labute approximate surface area is 134 Å². The highest BCUT2D eigenvalue weighted by atomic mass is 16.7. The lowest BCUT2D eigenvalue weighted by molar-refractivity contribution is -0.116. The summed E-state index contributed by atoms with van der Waals surface area (Å²) in [5.74, 6) is 7.13. The summed E-state index contributed by atoms with van der Waals surface area (Å²) < 4.78 is 10.5. The van der Waals surface area contributed by atoms with Gasteiger partial charge in [-0.1, -0.05) is 36.1 Å². The van der Waals surface area contributed by atoms with E-state index in [0.29, 0.717) is 12.3 Å². The lowest BCUT2D eigenvalue weighted by atomic mass is 10.2. The molecule has 1 heterocycles. The van der Waals surface area contributed by atoms with Crippen LogP contribution < -0.4 is 14.8 Å². The van der Waals surface area contributed by atoms with Gasteiger partial charge in [-0.15, -0.1) is 0 Å². The van der Waals surface area contributed by atoms with Crippen LogP contribution in [0.25, 0.3) is 6.08 Å². The summed E-state index contributed by atoms with van der Waals surface area (Å²) in [5.41, 5.74) is 1.80. The highest BCUT2D eigenvalue weighted by Crippen LogP contribution is 2.32. The molecule has 3 rings (SSSR count). The molecule has 114 valence electrons. The monoisotopic (exact) mass is 305 g/mol. The van der Waals surface area contributed by atoms with Crippen LogP contribution in [0.2, 0.25) is 0 Å². The van der Waals surface area contributed by atoms with Crippen molar-refractivity contribution in [1.82, 2.24) is 5.32 Å². The van der Waals surface area contributed by atoms with Gasteiger partial charge >= 0.3 is 0 Å². The van der Waals surface area contributed by atoms with E-state index in [-0.39, 0.29) is 12.7 Å². The lowest BCUT2D eigenvalue weighted by Crippen LogP contribution is -2.20. The zero-order valence-corrected chi connectivity index (χ0v) is 12.4. The predicted octanol–water partition coefficient (Wildman–Crippen LogP) is 2.60. The van der Waals surface area contributed by atoms with Gasteiger partial charge in [0.05, 0.1) is 6.54 Å². The Hall–Kier alpha value is -3.19. The number of carbonyl (C=O) groups excluding carboxylic acids is 1. The summed E-state index contributed by atoms with van der Waals surface area (Å²) in [6, 6.07) is 15.2. The third kappa shape index (κ3) is 4.14. The summed E-state index contributed by atoms with van der Waals surface area (Å²) in [6.45, 7) is 0.544. The standard InChI is InChI=1S/C19H15NO3/c21-19(20-12-4-7-15-5-2-1-3-6-15)11-9-16-8-10-17-18(13-16)23-14-22-17/h1-3,5-6,8-11,13H,12,14H2,(H,20,21)/b11-9+. The maximum absolute atomic E-state index is 11.7. The van der Waals surface area contributed by atoms with Crippen LogP contribution in [0.1, 0.15) is 11.1 Å². The Bertz CT molecular complexity index is 785. The van der Waals surface area contributed by atoms with Gasteiger partial charge in [0.2, 0.25) is 12.7 Å². The molecule has 1 aliphatic heterocycles. The van der Waals surface area contributed by atoms with E-state index in [1.807, 2.05) is 48.5 Å². The van der Waals surface area contributed by atoms with Crippen molar-refractivity contribution >= 4 is 12.0 Å². The molecule has 0 saturated heterocycles. The first-order valence-corrected chi connectivity index (χ1v) is 7.21. The fraction of sp³-hybridized carbons (Fsp3) is 0.105. The number of ether oxygens (including phenoxy) is 2. The molecule has 1 aliphatic rings. The van der Waals surface area contributed by atoms with Gasteiger partial charge in [0.1, 0.15) is 0 Å². The molecule has 0 bridgehead atoms. The summed E-state index contributed by atoms with van der Waals surface area (Å²) in [7, 11) is 0. The molecule has 2 aromatic carbocycles. The zero-order valence-electron chi connectivity index (χ0n) is 12.4. The minimum atomic E-state index is -0.190. The fourth-order valence-corrected chi connectivity index (χ4v) is 2.05. The highest BCUT2D eigenvalue weighted by Gasteiger charge is 2.12. The van der Waals surface area contributed by atoms with Crippen LogP contribution in [0.4, 0.5) is 0 Å². The van der Waals surface area contributed by atoms with E-state index < -0.39 is 0 Å². The second-order valence-electron chi connectivity index (χ2n) is 4.83. The van der Waals surface area contributed by atoms with Crippen molar-refractivity contribution in [2.75, 3.05) is 13.3 Å². The van der Waals surface area contributed by atoms with Gasteiger partial charge in [-0.25, -0.2) is 0 Å². The average Bonchev–Trinajstić information content (AvgIpc) is 3.05. The number of nitrogens with one attached hydrogen (secondary N) is 1. The molecule has 23 heavy (non-hydrogen) atoms. The number of hydrogen-bond acceptors (Lipinski definition) is 3. The van der Waals surface area contributed by atoms with Crippen molar-refractivity contribution in [3.05, 3.63) is 65.7 Å². The molecule has 0 spiro atoms. The molecule has 1 N–H and O–H groups in total. The van der Waals surface area contributed by atoms with Crippen LogP contribution in [-0.2, 0) is 4.79 Å². The Morgan fingerprint density at radius 3 is 2.83 bits per heavy atom. The molecule has 2 aromatic rings. The van der Waals surface area contributed by atoms with E-state index in [0.717, 1.165) is 16.9 Å². The summed E-state index contributed by atoms with van der Waals surface area (Å²) >= 11 is 0. The third-order valence-corrected chi connectivity index (χ3v) is 3.18. The molecule has 0 fully saturated rings. The molecular weight excluding hydrogens is 290 g/mol. The number of fused-ring (bicyclic) bond motifs is 1. The van der Waals surface area contributed by atoms with Crippen molar-refractivity contribution in [2.45, 2.75) is 0 Å². The van der Waals surface area contributed by atoms with Crippen molar-refractivity contribution in [3.63, 3.8) is 0 Å². The number of rotatable bonds is 3. The second-order valence-corrected chi connectivity index (χ2v) is 4.83. The van der Waals surface area contributed by atoms with E-state index in [4.69, 9.17) is 9.47 Å². The molecular formula is C19H15NO3. The molecule has 0 unspecified atom stereocenters. The van der Waals surface area contributed by atoms with E-state index in [1.54, 1.807) is 6.08 Å². The number of benzene rings is 2. The molecule has 4 heteroatoms.